The number of aromatic nitrogens is 1. The number of hydrogen-bond acceptors (Lipinski definition) is 2. The number of fused-ring (bicyclic) bond motifs is 1. The normalized spacial score (nSPS) is 10.8. The summed E-state index contributed by atoms with van der Waals surface area (Å²) in [7, 11) is 0. The molecule has 0 spiro atoms. The summed E-state index contributed by atoms with van der Waals surface area (Å²) in [5, 5.41) is 13.1. The van der Waals surface area contributed by atoms with Crippen LogP contribution in [-0.2, 0) is 6.42 Å². The molecule has 0 unspecified atom stereocenters. The smallest absolute Gasteiger partial charge is 0.145 e. The van der Waals surface area contributed by atoms with Crippen LogP contribution >= 0.6 is 0 Å². The number of pyridine rings is 1. The van der Waals surface area contributed by atoms with Crippen LogP contribution in [0.1, 0.15) is 11.3 Å². The molecule has 0 aliphatic heterocycles. The summed E-state index contributed by atoms with van der Waals surface area (Å²) < 4.78 is 0. The van der Waals surface area contributed by atoms with Crippen LogP contribution in [0.5, 0.6) is 5.75 Å². The zero-order valence-corrected chi connectivity index (χ0v) is 13.2. The van der Waals surface area contributed by atoms with Gasteiger partial charge in [0.2, 0.25) is 0 Å². The Balaban J connectivity index is 1.83. The quantitative estimate of drug-likeness (QED) is 0.564. The minimum Gasteiger partial charge on any atom is -0.505 e. The Morgan fingerprint density at radius 1 is 0.708 bits per heavy atom. The predicted octanol–water partition coefficient (Wildman–Crippen LogP) is 5.20. The van der Waals surface area contributed by atoms with E-state index in [1.807, 2.05) is 60.7 Å². The molecule has 2 heteroatoms. The van der Waals surface area contributed by atoms with Crippen LogP contribution in [0.2, 0.25) is 0 Å². The average Bonchev–Trinajstić information content (AvgIpc) is 2.64. The molecule has 0 amide bonds. The predicted molar refractivity (Wildman–Crippen MR) is 98.1 cm³/mol. The third-order valence-electron chi connectivity index (χ3n) is 4.29. The van der Waals surface area contributed by atoms with Crippen molar-refractivity contribution in [2.45, 2.75) is 6.42 Å². The highest BCUT2D eigenvalue weighted by Gasteiger charge is 2.13. The molecule has 0 bridgehead atoms. The number of aromatic hydroxyl groups is 1. The van der Waals surface area contributed by atoms with Crippen molar-refractivity contribution in [2.75, 3.05) is 0 Å². The van der Waals surface area contributed by atoms with Gasteiger partial charge in [-0.15, -0.1) is 0 Å². The van der Waals surface area contributed by atoms with Gasteiger partial charge in [0.05, 0.1) is 5.69 Å². The van der Waals surface area contributed by atoms with Gasteiger partial charge in [-0.25, -0.2) is 0 Å². The molecular weight excluding hydrogens is 294 g/mol. The first-order valence-corrected chi connectivity index (χ1v) is 8.02. The molecule has 0 radical (unpaired) electrons. The van der Waals surface area contributed by atoms with Gasteiger partial charge in [-0.2, -0.15) is 0 Å². The fourth-order valence-electron chi connectivity index (χ4n) is 3.09. The average molecular weight is 311 g/mol. The second kappa shape index (κ2) is 6.17. The standard InChI is InChI=1S/C22H17NO/c24-22-20(19-12-6-10-17-9-4-5-11-18(17)19)13-14-23-21(22)15-16-7-2-1-3-8-16/h1-14,24H,15H2. The summed E-state index contributed by atoms with van der Waals surface area (Å²) in [5.74, 6) is 0.262. The van der Waals surface area contributed by atoms with Crippen LogP contribution in [-0.4, -0.2) is 10.1 Å². The van der Waals surface area contributed by atoms with E-state index in [-0.39, 0.29) is 5.75 Å². The van der Waals surface area contributed by atoms with E-state index in [4.69, 9.17) is 0 Å². The van der Waals surface area contributed by atoms with Crippen molar-refractivity contribution in [2.24, 2.45) is 0 Å². The lowest BCUT2D eigenvalue weighted by Gasteiger charge is -2.11. The van der Waals surface area contributed by atoms with Gasteiger partial charge in [0.15, 0.2) is 0 Å². The zero-order valence-electron chi connectivity index (χ0n) is 13.2. The molecule has 0 aliphatic rings. The summed E-state index contributed by atoms with van der Waals surface area (Å²) in [6, 6.07) is 26.3. The lowest BCUT2D eigenvalue weighted by molar-refractivity contribution is 0.468. The summed E-state index contributed by atoms with van der Waals surface area (Å²) in [5.41, 5.74) is 3.69. The van der Waals surface area contributed by atoms with Crippen LogP contribution in [0.15, 0.2) is 85.1 Å². The van der Waals surface area contributed by atoms with E-state index in [9.17, 15) is 5.11 Å². The molecule has 3 aromatic carbocycles. The highest BCUT2D eigenvalue weighted by atomic mass is 16.3. The van der Waals surface area contributed by atoms with Gasteiger partial charge in [0.1, 0.15) is 5.75 Å². The molecule has 0 fully saturated rings. The van der Waals surface area contributed by atoms with Gasteiger partial charge in [-0.1, -0.05) is 72.8 Å². The third-order valence-corrected chi connectivity index (χ3v) is 4.29. The van der Waals surface area contributed by atoms with Crippen LogP contribution < -0.4 is 0 Å². The Morgan fingerprint density at radius 2 is 1.46 bits per heavy atom. The molecular formula is C22H17NO. The Bertz CT molecular complexity index is 988. The van der Waals surface area contributed by atoms with Gasteiger partial charge < -0.3 is 5.11 Å². The third kappa shape index (κ3) is 2.63. The van der Waals surface area contributed by atoms with E-state index < -0.39 is 0 Å². The second-order valence-corrected chi connectivity index (χ2v) is 5.84. The molecule has 2 nitrogen and oxygen atoms in total. The first kappa shape index (κ1) is 14.5. The van der Waals surface area contributed by atoms with Crippen molar-refractivity contribution in [3.05, 3.63) is 96.3 Å². The monoisotopic (exact) mass is 311 g/mol. The van der Waals surface area contributed by atoms with Gasteiger partial charge in [-0.05, 0) is 28.0 Å². The molecule has 1 N–H and O–H groups in total. The number of nitrogens with zero attached hydrogens (tertiary/aromatic N) is 1. The van der Waals surface area contributed by atoms with E-state index in [1.54, 1.807) is 6.20 Å². The molecule has 0 aliphatic carbocycles. The highest BCUT2D eigenvalue weighted by molar-refractivity contribution is 5.97. The van der Waals surface area contributed by atoms with Gasteiger partial charge in [-0.3, -0.25) is 4.98 Å². The van der Waals surface area contributed by atoms with Crippen LogP contribution in [0, 0.1) is 0 Å². The molecule has 1 heterocycles. The van der Waals surface area contributed by atoms with E-state index in [2.05, 4.69) is 23.2 Å². The summed E-state index contributed by atoms with van der Waals surface area (Å²) >= 11 is 0. The molecule has 0 saturated heterocycles. The molecule has 4 aromatic rings. The molecule has 0 atom stereocenters. The maximum atomic E-state index is 10.8. The number of rotatable bonds is 3. The zero-order chi connectivity index (χ0) is 16.4. The lowest BCUT2D eigenvalue weighted by atomic mass is 9.96. The molecule has 1 aromatic heterocycles. The highest BCUT2D eigenvalue weighted by Crippen LogP contribution is 2.36. The minimum absolute atomic E-state index is 0.262. The van der Waals surface area contributed by atoms with E-state index in [1.165, 1.54) is 0 Å². The van der Waals surface area contributed by atoms with Crippen LogP contribution in [0.25, 0.3) is 21.9 Å². The Morgan fingerprint density at radius 3 is 2.33 bits per heavy atom. The Hall–Kier alpha value is -3.13. The van der Waals surface area contributed by atoms with Gasteiger partial charge in [0, 0.05) is 18.2 Å². The van der Waals surface area contributed by atoms with E-state index in [0.29, 0.717) is 12.1 Å². The van der Waals surface area contributed by atoms with E-state index in [0.717, 1.165) is 27.5 Å². The Labute approximate surface area is 141 Å². The van der Waals surface area contributed by atoms with Crippen molar-refractivity contribution < 1.29 is 5.11 Å². The van der Waals surface area contributed by atoms with Crippen LogP contribution in [0.3, 0.4) is 0 Å². The van der Waals surface area contributed by atoms with Crippen LogP contribution in [0.4, 0.5) is 0 Å². The molecule has 4 rings (SSSR count). The maximum Gasteiger partial charge on any atom is 0.145 e. The topological polar surface area (TPSA) is 33.1 Å². The molecule has 116 valence electrons. The fraction of sp³-hybridized carbons (Fsp3) is 0.0455. The minimum atomic E-state index is 0.262. The Kier molecular flexibility index (Phi) is 3.72. The largest absolute Gasteiger partial charge is 0.505 e. The van der Waals surface area contributed by atoms with Crippen molar-refractivity contribution >= 4 is 10.8 Å². The molecule has 24 heavy (non-hydrogen) atoms. The van der Waals surface area contributed by atoms with Crippen molar-refractivity contribution in [1.29, 1.82) is 0 Å². The SMILES string of the molecule is Oc1c(-c2cccc3ccccc23)ccnc1Cc1ccccc1. The van der Waals surface area contributed by atoms with Crippen molar-refractivity contribution in [3.63, 3.8) is 0 Å². The summed E-state index contributed by atoms with van der Waals surface area (Å²) in [6.45, 7) is 0. The van der Waals surface area contributed by atoms with Crippen molar-refractivity contribution in [3.8, 4) is 16.9 Å². The number of hydrogen-bond donors (Lipinski definition) is 1. The van der Waals surface area contributed by atoms with Crippen molar-refractivity contribution in [1.82, 2.24) is 4.98 Å². The van der Waals surface area contributed by atoms with Gasteiger partial charge >= 0.3 is 0 Å². The van der Waals surface area contributed by atoms with Gasteiger partial charge in [0.25, 0.3) is 0 Å². The second-order valence-electron chi connectivity index (χ2n) is 5.84. The summed E-state index contributed by atoms with van der Waals surface area (Å²) in [4.78, 5) is 4.39. The lowest BCUT2D eigenvalue weighted by Crippen LogP contribution is -1.94. The first-order chi connectivity index (χ1) is 11.8. The first-order valence-electron chi connectivity index (χ1n) is 8.02. The number of benzene rings is 3. The maximum absolute atomic E-state index is 10.8. The fourth-order valence-corrected chi connectivity index (χ4v) is 3.09. The molecule has 0 saturated carbocycles. The van der Waals surface area contributed by atoms with E-state index >= 15 is 0 Å². The summed E-state index contributed by atoms with van der Waals surface area (Å²) in [6.07, 6.45) is 2.39.